The zero-order valence-corrected chi connectivity index (χ0v) is 20.8. The maximum absolute atomic E-state index is 12.1. The molecule has 0 saturated heterocycles. The molecular formula is C25H24ClIN2O3. The maximum atomic E-state index is 12.1. The van der Waals surface area contributed by atoms with Crippen LogP contribution in [0.25, 0.3) is 0 Å². The predicted molar refractivity (Wildman–Crippen MR) is 137 cm³/mol. The van der Waals surface area contributed by atoms with E-state index in [1.165, 1.54) is 0 Å². The number of nitrogens with zero attached hydrogens (tertiary/aromatic N) is 1. The molecule has 3 aromatic rings. The zero-order chi connectivity index (χ0) is 22.9. The average Bonchev–Trinajstić information content (AvgIpc) is 2.76. The third-order valence-corrected chi connectivity index (χ3v) is 5.57. The predicted octanol–water partition coefficient (Wildman–Crippen LogP) is 5.92. The highest BCUT2D eigenvalue weighted by molar-refractivity contribution is 14.1. The lowest BCUT2D eigenvalue weighted by molar-refractivity contribution is -0.120. The first-order valence-electron chi connectivity index (χ1n) is 10.2. The second-order valence-electron chi connectivity index (χ2n) is 7.13. The summed E-state index contributed by atoms with van der Waals surface area (Å²) in [5.74, 6) is 1.12. The first-order chi connectivity index (χ1) is 15.4. The zero-order valence-electron chi connectivity index (χ0n) is 17.9. The number of nitrogens with one attached hydrogen (secondary N) is 1. The van der Waals surface area contributed by atoms with Crippen LogP contribution in [-0.4, -0.2) is 18.7 Å². The van der Waals surface area contributed by atoms with Crippen LogP contribution in [0, 0.1) is 10.5 Å². The van der Waals surface area contributed by atoms with Gasteiger partial charge in [0.15, 0.2) is 11.5 Å². The van der Waals surface area contributed by atoms with Gasteiger partial charge in [-0.05, 0) is 77.4 Å². The van der Waals surface area contributed by atoms with Crippen LogP contribution in [0.15, 0.2) is 65.8 Å². The van der Waals surface area contributed by atoms with Gasteiger partial charge < -0.3 is 9.47 Å². The molecule has 0 saturated carbocycles. The molecular weight excluding hydrogens is 539 g/mol. The molecule has 7 heteroatoms. The number of ether oxygens (including phenoxy) is 2. The Hall–Kier alpha value is -2.58. The van der Waals surface area contributed by atoms with Gasteiger partial charge in [-0.1, -0.05) is 53.6 Å². The van der Waals surface area contributed by atoms with E-state index >= 15 is 0 Å². The van der Waals surface area contributed by atoms with Crippen LogP contribution in [-0.2, 0) is 17.8 Å². The van der Waals surface area contributed by atoms with E-state index < -0.39 is 0 Å². The summed E-state index contributed by atoms with van der Waals surface area (Å²) in [6, 6.07) is 19.2. The average molecular weight is 563 g/mol. The number of rotatable bonds is 9. The van der Waals surface area contributed by atoms with E-state index in [1.807, 2.05) is 74.5 Å². The number of halogens is 2. The van der Waals surface area contributed by atoms with Crippen molar-refractivity contribution in [3.63, 3.8) is 0 Å². The van der Waals surface area contributed by atoms with Gasteiger partial charge >= 0.3 is 0 Å². The fourth-order valence-corrected chi connectivity index (χ4v) is 3.82. The van der Waals surface area contributed by atoms with E-state index in [4.69, 9.17) is 21.1 Å². The van der Waals surface area contributed by atoms with E-state index in [-0.39, 0.29) is 12.3 Å². The second-order valence-corrected chi connectivity index (χ2v) is 8.73. The van der Waals surface area contributed by atoms with Crippen molar-refractivity contribution in [1.82, 2.24) is 5.43 Å². The molecule has 0 radical (unpaired) electrons. The van der Waals surface area contributed by atoms with Crippen molar-refractivity contribution in [3.05, 3.63) is 91.5 Å². The molecule has 0 bridgehead atoms. The minimum Gasteiger partial charge on any atom is -0.490 e. The summed E-state index contributed by atoms with van der Waals surface area (Å²) in [5.41, 5.74) is 6.49. The Morgan fingerprint density at radius 3 is 2.44 bits per heavy atom. The number of benzene rings is 3. The van der Waals surface area contributed by atoms with E-state index in [1.54, 1.807) is 6.21 Å². The summed E-state index contributed by atoms with van der Waals surface area (Å²) in [6.45, 7) is 4.83. The molecule has 5 nitrogen and oxygen atoms in total. The standard InChI is InChI=1S/C25H24ClIN2O3/c1-3-31-23-13-20(15-28-29-24(30)14-18-6-4-17(2)5-7-18)12-22(27)25(23)32-16-19-8-10-21(26)11-9-19/h4-13,15H,3,14,16H2,1-2H3,(H,29,30)/b28-15+. The third kappa shape index (κ3) is 7.24. The van der Waals surface area contributed by atoms with E-state index in [9.17, 15) is 4.79 Å². The number of hydrogen-bond acceptors (Lipinski definition) is 4. The van der Waals surface area contributed by atoms with Gasteiger partial charge in [-0.2, -0.15) is 5.10 Å². The van der Waals surface area contributed by atoms with Crippen molar-refractivity contribution in [2.75, 3.05) is 6.61 Å². The maximum Gasteiger partial charge on any atom is 0.244 e. The van der Waals surface area contributed by atoms with Crippen molar-refractivity contribution in [2.45, 2.75) is 26.9 Å². The number of carbonyl (C=O) groups is 1. The summed E-state index contributed by atoms with van der Waals surface area (Å²) >= 11 is 8.15. The minimum absolute atomic E-state index is 0.173. The number of hydrogen-bond donors (Lipinski definition) is 1. The SMILES string of the molecule is CCOc1cc(/C=N/NC(=O)Cc2ccc(C)cc2)cc(I)c1OCc1ccc(Cl)cc1. The summed E-state index contributed by atoms with van der Waals surface area (Å²) in [6.07, 6.45) is 1.87. The van der Waals surface area contributed by atoms with Crippen LogP contribution in [0.1, 0.15) is 29.2 Å². The van der Waals surface area contributed by atoms with Gasteiger partial charge in [-0.3, -0.25) is 4.79 Å². The Balaban J connectivity index is 1.65. The first-order valence-corrected chi connectivity index (χ1v) is 11.6. The highest BCUT2D eigenvalue weighted by atomic mass is 127. The molecule has 0 heterocycles. The van der Waals surface area contributed by atoms with Crippen LogP contribution in [0.4, 0.5) is 0 Å². The van der Waals surface area contributed by atoms with E-state index in [0.717, 1.165) is 25.8 Å². The van der Waals surface area contributed by atoms with Gasteiger partial charge in [-0.15, -0.1) is 0 Å². The highest BCUT2D eigenvalue weighted by Gasteiger charge is 2.12. The van der Waals surface area contributed by atoms with Gasteiger partial charge in [0, 0.05) is 5.02 Å². The highest BCUT2D eigenvalue weighted by Crippen LogP contribution is 2.34. The topological polar surface area (TPSA) is 59.9 Å². The number of aryl methyl sites for hydroxylation is 1. The Kier molecular flexibility index (Phi) is 8.93. The quantitative estimate of drug-likeness (QED) is 0.200. The Morgan fingerprint density at radius 1 is 1.06 bits per heavy atom. The fourth-order valence-electron chi connectivity index (χ4n) is 2.91. The summed E-state index contributed by atoms with van der Waals surface area (Å²) in [7, 11) is 0. The molecule has 0 aromatic heterocycles. The molecule has 32 heavy (non-hydrogen) atoms. The lowest BCUT2D eigenvalue weighted by Crippen LogP contribution is -2.19. The fraction of sp³-hybridized carbons (Fsp3) is 0.200. The molecule has 0 fully saturated rings. The third-order valence-electron chi connectivity index (χ3n) is 4.52. The molecule has 0 unspecified atom stereocenters. The minimum atomic E-state index is -0.173. The van der Waals surface area contributed by atoms with Gasteiger partial charge in [0.2, 0.25) is 5.91 Å². The molecule has 3 rings (SSSR count). The number of hydrazone groups is 1. The van der Waals surface area contributed by atoms with E-state index in [0.29, 0.717) is 29.7 Å². The summed E-state index contributed by atoms with van der Waals surface area (Å²) in [5, 5.41) is 4.78. The molecule has 166 valence electrons. The summed E-state index contributed by atoms with van der Waals surface area (Å²) < 4.78 is 12.7. The molecule has 1 amide bonds. The monoisotopic (exact) mass is 562 g/mol. The Bertz CT molecular complexity index is 1080. The van der Waals surface area contributed by atoms with Crippen LogP contribution in [0.5, 0.6) is 11.5 Å². The lowest BCUT2D eigenvalue weighted by atomic mass is 10.1. The van der Waals surface area contributed by atoms with Crippen molar-refractivity contribution in [1.29, 1.82) is 0 Å². The number of amides is 1. The van der Waals surface area contributed by atoms with Gasteiger partial charge in [0.1, 0.15) is 6.61 Å². The van der Waals surface area contributed by atoms with Crippen molar-refractivity contribution >= 4 is 46.3 Å². The van der Waals surface area contributed by atoms with E-state index in [2.05, 4.69) is 33.1 Å². The largest absolute Gasteiger partial charge is 0.490 e. The Morgan fingerprint density at radius 2 is 1.75 bits per heavy atom. The van der Waals surface area contributed by atoms with Crippen LogP contribution >= 0.6 is 34.2 Å². The van der Waals surface area contributed by atoms with Gasteiger partial charge in [-0.25, -0.2) is 5.43 Å². The van der Waals surface area contributed by atoms with Crippen LogP contribution in [0.2, 0.25) is 5.02 Å². The molecule has 0 spiro atoms. The van der Waals surface area contributed by atoms with Crippen molar-refractivity contribution in [2.24, 2.45) is 5.10 Å². The van der Waals surface area contributed by atoms with Crippen molar-refractivity contribution < 1.29 is 14.3 Å². The lowest BCUT2D eigenvalue weighted by Gasteiger charge is -2.15. The molecule has 0 aliphatic rings. The second kappa shape index (κ2) is 11.9. The van der Waals surface area contributed by atoms with Gasteiger partial charge in [0.25, 0.3) is 0 Å². The summed E-state index contributed by atoms with van der Waals surface area (Å²) in [4.78, 5) is 12.1. The van der Waals surface area contributed by atoms with Crippen LogP contribution < -0.4 is 14.9 Å². The van der Waals surface area contributed by atoms with Crippen molar-refractivity contribution in [3.8, 4) is 11.5 Å². The smallest absolute Gasteiger partial charge is 0.244 e. The Labute approximate surface area is 206 Å². The molecule has 0 aliphatic carbocycles. The first kappa shape index (κ1) is 24.1. The normalized spacial score (nSPS) is 10.9. The van der Waals surface area contributed by atoms with Gasteiger partial charge in [0.05, 0.1) is 22.8 Å². The molecule has 0 atom stereocenters. The van der Waals surface area contributed by atoms with Crippen LogP contribution in [0.3, 0.4) is 0 Å². The molecule has 3 aromatic carbocycles. The molecule has 1 N–H and O–H groups in total. The number of carbonyl (C=O) groups excluding carboxylic acids is 1. The molecule has 0 aliphatic heterocycles.